The molecule has 0 aromatic carbocycles. The molecular formula is C12H21NO5S. The fraction of sp³-hybridized carbons (Fsp3) is 0.917. The van der Waals surface area contributed by atoms with Gasteiger partial charge in [0.05, 0.1) is 23.5 Å². The van der Waals surface area contributed by atoms with Crippen molar-refractivity contribution in [2.45, 2.75) is 37.8 Å². The van der Waals surface area contributed by atoms with Gasteiger partial charge in [-0.05, 0) is 25.3 Å². The number of carboxylic acids is 1. The maximum absolute atomic E-state index is 11.4. The molecule has 1 saturated carbocycles. The van der Waals surface area contributed by atoms with Crippen molar-refractivity contribution >= 4 is 15.8 Å². The van der Waals surface area contributed by atoms with Gasteiger partial charge in [0.15, 0.2) is 9.84 Å². The van der Waals surface area contributed by atoms with E-state index in [0.717, 1.165) is 19.3 Å². The molecule has 1 saturated heterocycles. The third-order valence-electron chi connectivity index (χ3n) is 4.19. The van der Waals surface area contributed by atoms with Crippen LogP contribution in [0.5, 0.6) is 0 Å². The topological polar surface area (TPSA) is 104 Å². The lowest BCUT2D eigenvalue weighted by Gasteiger charge is -2.30. The van der Waals surface area contributed by atoms with E-state index >= 15 is 0 Å². The molecule has 4 atom stereocenters. The van der Waals surface area contributed by atoms with Gasteiger partial charge in [0.25, 0.3) is 0 Å². The van der Waals surface area contributed by atoms with E-state index < -0.39 is 28.0 Å². The number of carboxylic acid groups (broad SMARTS) is 1. The molecule has 1 aliphatic carbocycles. The molecule has 0 bridgehead atoms. The standard InChI is InChI=1S/C12H21NO5S/c14-11-7-19(17,18)6-10(11)13-5-8-3-1-2-4-9(8)12(15)16/h8-11,13-14H,1-7H2,(H,15,16). The maximum Gasteiger partial charge on any atom is 0.306 e. The molecule has 19 heavy (non-hydrogen) atoms. The molecule has 2 aliphatic rings. The van der Waals surface area contributed by atoms with E-state index in [-0.39, 0.29) is 23.3 Å². The number of hydrogen-bond acceptors (Lipinski definition) is 5. The van der Waals surface area contributed by atoms with Crippen molar-refractivity contribution in [3.63, 3.8) is 0 Å². The Kier molecular flexibility index (Phi) is 4.47. The molecule has 3 N–H and O–H groups in total. The fourth-order valence-corrected chi connectivity index (χ4v) is 4.88. The zero-order chi connectivity index (χ0) is 14.0. The predicted octanol–water partition coefficient (Wildman–Crippen LogP) is -0.375. The van der Waals surface area contributed by atoms with Crippen LogP contribution in [0.15, 0.2) is 0 Å². The largest absolute Gasteiger partial charge is 0.481 e. The lowest BCUT2D eigenvalue weighted by atomic mass is 9.79. The van der Waals surface area contributed by atoms with Gasteiger partial charge in [-0.1, -0.05) is 12.8 Å². The van der Waals surface area contributed by atoms with Crippen molar-refractivity contribution < 1.29 is 23.4 Å². The van der Waals surface area contributed by atoms with Crippen molar-refractivity contribution in [3.8, 4) is 0 Å². The van der Waals surface area contributed by atoms with Crippen molar-refractivity contribution in [2.24, 2.45) is 11.8 Å². The van der Waals surface area contributed by atoms with Gasteiger partial charge in [-0.15, -0.1) is 0 Å². The SMILES string of the molecule is O=C(O)C1CCCCC1CNC1CS(=O)(=O)CC1O. The number of nitrogens with one attached hydrogen (secondary N) is 1. The second-order valence-corrected chi connectivity index (χ2v) is 7.80. The first-order valence-electron chi connectivity index (χ1n) is 6.74. The van der Waals surface area contributed by atoms with Crippen molar-refractivity contribution in [3.05, 3.63) is 0 Å². The minimum atomic E-state index is -3.16. The summed E-state index contributed by atoms with van der Waals surface area (Å²) in [4.78, 5) is 11.2. The van der Waals surface area contributed by atoms with E-state index in [1.54, 1.807) is 0 Å². The highest BCUT2D eigenvalue weighted by Crippen LogP contribution is 2.30. The Balaban J connectivity index is 1.89. The summed E-state index contributed by atoms with van der Waals surface area (Å²) in [5.41, 5.74) is 0. The van der Waals surface area contributed by atoms with Gasteiger partial charge in [-0.25, -0.2) is 8.42 Å². The average molecular weight is 291 g/mol. The number of carbonyl (C=O) groups is 1. The summed E-state index contributed by atoms with van der Waals surface area (Å²) in [7, 11) is -3.16. The van der Waals surface area contributed by atoms with E-state index in [2.05, 4.69) is 5.32 Å². The molecule has 0 amide bonds. The quantitative estimate of drug-likeness (QED) is 0.652. The van der Waals surface area contributed by atoms with Crippen LogP contribution in [-0.2, 0) is 14.6 Å². The molecule has 0 radical (unpaired) electrons. The van der Waals surface area contributed by atoms with Crippen LogP contribution in [0.25, 0.3) is 0 Å². The van der Waals surface area contributed by atoms with Crippen LogP contribution in [0.1, 0.15) is 25.7 Å². The molecule has 6 nitrogen and oxygen atoms in total. The summed E-state index contributed by atoms with van der Waals surface area (Å²) in [6.07, 6.45) is 2.61. The fourth-order valence-electron chi connectivity index (χ4n) is 3.10. The van der Waals surface area contributed by atoms with Gasteiger partial charge in [-0.3, -0.25) is 4.79 Å². The number of aliphatic carboxylic acids is 1. The van der Waals surface area contributed by atoms with E-state index in [9.17, 15) is 18.3 Å². The summed E-state index contributed by atoms with van der Waals surface area (Å²) in [5.74, 6) is -1.35. The minimum absolute atomic E-state index is 0.0294. The molecular weight excluding hydrogens is 270 g/mol. The zero-order valence-electron chi connectivity index (χ0n) is 10.8. The van der Waals surface area contributed by atoms with Gasteiger partial charge in [0, 0.05) is 6.04 Å². The molecule has 7 heteroatoms. The Morgan fingerprint density at radius 1 is 1.21 bits per heavy atom. The monoisotopic (exact) mass is 291 g/mol. The summed E-state index contributed by atoms with van der Waals surface area (Å²) in [6.45, 7) is 0.466. The first kappa shape index (κ1) is 14.7. The highest BCUT2D eigenvalue weighted by atomic mass is 32.2. The van der Waals surface area contributed by atoms with Crippen LogP contribution < -0.4 is 5.32 Å². The molecule has 0 aromatic rings. The molecule has 1 heterocycles. The third-order valence-corrected chi connectivity index (χ3v) is 5.91. The second-order valence-electron chi connectivity index (χ2n) is 5.65. The summed E-state index contributed by atoms with van der Waals surface area (Å²) < 4.78 is 22.8. The van der Waals surface area contributed by atoms with Crippen molar-refractivity contribution in [1.29, 1.82) is 0 Å². The zero-order valence-corrected chi connectivity index (χ0v) is 11.6. The Hall–Kier alpha value is -0.660. The van der Waals surface area contributed by atoms with Crippen molar-refractivity contribution in [2.75, 3.05) is 18.1 Å². The van der Waals surface area contributed by atoms with Gasteiger partial charge in [0.1, 0.15) is 0 Å². The normalized spacial score (nSPS) is 38.2. The summed E-state index contributed by atoms with van der Waals surface area (Å²) in [6, 6.07) is -0.457. The smallest absolute Gasteiger partial charge is 0.306 e. The van der Waals surface area contributed by atoms with Crippen LogP contribution in [0.2, 0.25) is 0 Å². The summed E-state index contributed by atoms with van der Waals surface area (Å²) in [5, 5.41) is 21.9. The van der Waals surface area contributed by atoms with Crippen LogP contribution in [0, 0.1) is 11.8 Å². The maximum atomic E-state index is 11.4. The average Bonchev–Trinajstić information content (AvgIpc) is 2.60. The molecule has 1 aliphatic heterocycles. The van der Waals surface area contributed by atoms with E-state index in [1.807, 2.05) is 0 Å². The van der Waals surface area contributed by atoms with Crippen LogP contribution in [0.3, 0.4) is 0 Å². The van der Waals surface area contributed by atoms with E-state index in [0.29, 0.717) is 13.0 Å². The molecule has 2 rings (SSSR count). The molecule has 0 spiro atoms. The Bertz CT molecular complexity index is 435. The highest BCUT2D eigenvalue weighted by Gasteiger charge is 2.37. The number of rotatable bonds is 4. The number of aliphatic hydroxyl groups excluding tert-OH is 1. The molecule has 4 unspecified atom stereocenters. The first-order chi connectivity index (χ1) is 8.89. The van der Waals surface area contributed by atoms with Gasteiger partial charge in [-0.2, -0.15) is 0 Å². The van der Waals surface area contributed by atoms with Gasteiger partial charge in [0.2, 0.25) is 0 Å². The van der Waals surface area contributed by atoms with Crippen molar-refractivity contribution in [1.82, 2.24) is 5.32 Å². The number of sulfone groups is 1. The molecule has 0 aromatic heterocycles. The Morgan fingerprint density at radius 2 is 1.89 bits per heavy atom. The lowest BCUT2D eigenvalue weighted by molar-refractivity contribution is -0.144. The highest BCUT2D eigenvalue weighted by molar-refractivity contribution is 7.91. The van der Waals surface area contributed by atoms with Crippen LogP contribution in [0.4, 0.5) is 0 Å². The molecule has 110 valence electrons. The second kappa shape index (κ2) is 5.76. The van der Waals surface area contributed by atoms with Gasteiger partial charge >= 0.3 is 5.97 Å². The number of hydrogen-bond donors (Lipinski definition) is 3. The summed E-state index contributed by atoms with van der Waals surface area (Å²) >= 11 is 0. The Labute approximate surface area is 113 Å². The van der Waals surface area contributed by atoms with E-state index in [4.69, 9.17) is 5.11 Å². The minimum Gasteiger partial charge on any atom is -0.481 e. The lowest BCUT2D eigenvalue weighted by Crippen LogP contribution is -2.44. The van der Waals surface area contributed by atoms with Crippen LogP contribution >= 0.6 is 0 Å². The predicted molar refractivity (Wildman–Crippen MR) is 69.5 cm³/mol. The first-order valence-corrected chi connectivity index (χ1v) is 8.56. The van der Waals surface area contributed by atoms with Gasteiger partial charge < -0.3 is 15.5 Å². The Morgan fingerprint density at radius 3 is 2.47 bits per heavy atom. The molecule has 2 fully saturated rings. The van der Waals surface area contributed by atoms with Crippen LogP contribution in [-0.4, -0.2) is 54.8 Å². The number of aliphatic hydroxyl groups is 1. The van der Waals surface area contributed by atoms with E-state index in [1.165, 1.54) is 0 Å². The third kappa shape index (κ3) is 3.67.